The molecule has 0 saturated heterocycles. The molecule has 0 aliphatic heterocycles. The van der Waals surface area contributed by atoms with E-state index in [4.69, 9.17) is 0 Å². The Kier molecular flexibility index (Phi) is 3.89. The fourth-order valence-electron chi connectivity index (χ4n) is 1.47. The minimum Gasteiger partial charge on any atom is -0.379 e. The molecule has 0 spiro atoms. The molecule has 4 nitrogen and oxygen atoms in total. The van der Waals surface area contributed by atoms with Gasteiger partial charge in [0.15, 0.2) is 0 Å². The maximum Gasteiger partial charge on any atom is 0.102 e. The van der Waals surface area contributed by atoms with Crippen LogP contribution < -0.4 is 5.32 Å². The second-order valence-electron chi connectivity index (χ2n) is 5.19. The van der Waals surface area contributed by atoms with E-state index in [-0.39, 0.29) is 5.54 Å². The van der Waals surface area contributed by atoms with Crippen LogP contribution in [0.1, 0.15) is 26.5 Å². The maximum atomic E-state index is 4.16. The second kappa shape index (κ2) is 5.26. The smallest absolute Gasteiger partial charge is 0.102 e. The van der Waals surface area contributed by atoms with Gasteiger partial charge in [-0.15, -0.1) is 5.10 Å². The standard InChI is InChI=1S/C13H17IN4/c1-13(2,3)18-9-12(16-17-18)8-15-11-6-4-10(14)5-7-11/h4-7,9,15H,8H2,1-3H3. The number of rotatable bonds is 3. The summed E-state index contributed by atoms with van der Waals surface area (Å²) in [4.78, 5) is 0. The van der Waals surface area contributed by atoms with E-state index in [2.05, 4.69) is 83.3 Å². The fraction of sp³-hybridized carbons (Fsp3) is 0.385. The van der Waals surface area contributed by atoms with Gasteiger partial charge in [0.25, 0.3) is 0 Å². The molecule has 96 valence electrons. The van der Waals surface area contributed by atoms with Gasteiger partial charge in [0.1, 0.15) is 5.69 Å². The summed E-state index contributed by atoms with van der Waals surface area (Å²) in [5, 5.41) is 11.6. The van der Waals surface area contributed by atoms with Crippen LogP contribution in [0.4, 0.5) is 5.69 Å². The molecule has 5 heteroatoms. The van der Waals surface area contributed by atoms with Crippen molar-refractivity contribution in [1.82, 2.24) is 15.0 Å². The van der Waals surface area contributed by atoms with Crippen LogP contribution in [0.15, 0.2) is 30.5 Å². The zero-order valence-electron chi connectivity index (χ0n) is 10.8. The van der Waals surface area contributed by atoms with Crippen molar-refractivity contribution in [2.75, 3.05) is 5.32 Å². The molecule has 1 aromatic heterocycles. The topological polar surface area (TPSA) is 42.7 Å². The van der Waals surface area contributed by atoms with Gasteiger partial charge in [0.05, 0.1) is 18.3 Å². The van der Waals surface area contributed by atoms with Gasteiger partial charge in [-0.25, -0.2) is 4.68 Å². The molecule has 0 radical (unpaired) electrons. The number of hydrogen-bond donors (Lipinski definition) is 1. The molecular weight excluding hydrogens is 339 g/mol. The first-order valence-electron chi connectivity index (χ1n) is 5.86. The van der Waals surface area contributed by atoms with E-state index in [1.165, 1.54) is 3.57 Å². The van der Waals surface area contributed by atoms with Crippen molar-refractivity contribution in [2.24, 2.45) is 0 Å². The Labute approximate surface area is 121 Å². The summed E-state index contributed by atoms with van der Waals surface area (Å²) in [6.45, 7) is 7.02. The van der Waals surface area contributed by atoms with Crippen molar-refractivity contribution >= 4 is 28.3 Å². The van der Waals surface area contributed by atoms with Crippen molar-refractivity contribution in [1.29, 1.82) is 0 Å². The summed E-state index contributed by atoms with van der Waals surface area (Å²) < 4.78 is 3.12. The molecule has 0 fully saturated rings. The molecule has 1 N–H and O–H groups in total. The predicted octanol–water partition coefficient (Wildman–Crippen LogP) is 3.25. The van der Waals surface area contributed by atoms with Crippen LogP contribution in [0, 0.1) is 3.57 Å². The Morgan fingerprint density at radius 1 is 1.22 bits per heavy atom. The van der Waals surface area contributed by atoms with Gasteiger partial charge in [0, 0.05) is 9.26 Å². The van der Waals surface area contributed by atoms with Crippen LogP contribution in [0.3, 0.4) is 0 Å². The monoisotopic (exact) mass is 356 g/mol. The van der Waals surface area contributed by atoms with Crippen LogP contribution in [-0.2, 0) is 12.1 Å². The highest BCUT2D eigenvalue weighted by Gasteiger charge is 2.14. The van der Waals surface area contributed by atoms with Crippen LogP contribution in [0.25, 0.3) is 0 Å². The van der Waals surface area contributed by atoms with E-state index in [1.807, 2.05) is 10.9 Å². The van der Waals surface area contributed by atoms with Gasteiger partial charge in [-0.3, -0.25) is 0 Å². The van der Waals surface area contributed by atoms with Crippen molar-refractivity contribution in [3.05, 3.63) is 39.7 Å². The highest BCUT2D eigenvalue weighted by molar-refractivity contribution is 14.1. The molecule has 1 heterocycles. The SMILES string of the molecule is CC(C)(C)n1cc(CNc2ccc(I)cc2)nn1. The van der Waals surface area contributed by atoms with Crippen LogP contribution in [0.5, 0.6) is 0 Å². The molecule has 0 bridgehead atoms. The summed E-state index contributed by atoms with van der Waals surface area (Å²) in [6.07, 6.45) is 1.99. The van der Waals surface area contributed by atoms with E-state index >= 15 is 0 Å². The summed E-state index contributed by atoms with van der Waals surface area (Å²) in [7, 11) is 0. The van der Waals surface area contributed by atoms with Crippen LogP contribution >= 0.6 is 22.6 Å². The lowest BCUT2D eigenvalue weighted by Crippen LogP contribution is -2.22. The van der Waals surface area contributed by atoms with Gasteiger partial charge in [-0.05, 0) is 67.6 Å². The van der Waals surface area contributed by atoms with E-state index in [0.717, 1.165) is 11.4 Å². The third kappa shape index (κ3) is 3.44. The maximum absolute atomic E-state index is 4.16. The van der Waals surface area contributed by atoms with Crippen molar-refractivity contribution in [2.45, 2.75) is 32.9 Å². The largest absolute Gasteiger partial charge is 0.379 e. The Morgan fingerprint density at radius 2 is 1.89 bits per heavy atom. The molecule has 1 aromatic carbocycles. The van der Waals surface area contributed by atoms with Crippen LogP contribution in [0.2, 0.25) is 0 Å². The molecule has 0 aliphatic carbocycles. The van der Waals surface area contributed by atoms with Gasteiger partial charge in [-0.1, -0.05) is 5.21 Å². The second-order valence-corrected chi connectivity index (χ2v) is 6.43. The number of halogens is 1. The molecule has 0 aliphatic rings. The molecule has 18 heavy (non-hydrogen) atoms. The first-order chi connectivity index (χ1) is 8.45. The Bertz CT molecular complexity index is 511. The molecule has 0 atom stereocenters. The van der Waals surface area contributed by atoms with E-state index < -0.39 is 0 Å². The first-order valence-corrected chi connectivity index (χ1v) is 6.94. The van der Waals surface area contributed by atoms with E-state index in [9.17, 15) is 0 Å². The minimum atomic E-state index is -0.0197. The fourth-order valence-corrected chi connectivity index (χ4v) is 1.83. The van der Waals surface area contributed by atoms with Gasteiger partial charge < -0.3 is 5.32 Å². The molecule has 2 rings (SSSR count). The Balaban J connectivity index is 1.98. The highest BCUT2D eigenvalue weighted by atomic mass is 127. The summed E-state index contributed by atoms with van der Waals surface area (Å²) in [5.74, 6) is 0. The zero-order chi connectivity index (χ0) is 13.2. The van der Waals surface area contributed by atoms with Gasteiger partial charge in [-0.2, -0.15) is 0 Å². The number of anilines is 1. The summed E-state index contributed by atoms with van der Waals surface area (Å²) in [6, 6.07) is 8.29. The molecular formula is C13H17IN4. The third-order valence-corrected chi connectivity index (χ3v) is 3.27. The quantitative estimate of drug-likeness (QED) is 0.859. The lowest BCUT2D eigenvalue weighted by Gasteiger charge is -2.17. The van der Waals surface area contributed by atoms with Crippen molar-refractivity contribution in [3.63, 3.8) is 0 Å². The normalized spacial score (nSPS) is 11.6. The predicted molar refractivity (Wildman–Crippen MR) is 81.5 cm³/mol. The lowest BCUT2D eigenvalue weighted by molar-refractivity contribution is 0.347. The average Bonchev–Trinajstić information content (AvgIpc) is 2.77. The van der Waals surface area contributed by atoms with Crippen LogP contribution in [-0.4, -0.2) is 15.0 Å². The highest BCUT2D eigenvalue weighted by Crippen LogP contribution is 2.14. The van der Waals surface area contributed by atoms with Gasteiger partial charge >= 0.3 is 0 Å². The number of hydrogen-bond acceptors (Lipinski definition) is 3. The lowest BCUT2D eigenvalue weighted by atomic mass is 10.1. The number of benzene rings is 1. The van der Waals surface area contributed by atoms with E-state index in [0.29, 0.717) is 6.54 Å². The van der Waals surface area contributed by atoms with Crippen molar-refractivity contribution < 1.29 is 0 Å². The Hall–Kier alpha value is -1.11. The number of aromatic nitrogens is 3. The van der Waals surface area contributed by atoms with Crippen molar-refractivity contribution in [3.8, 4) is 0 Å². The summed E-state index contributed by atoms with van der Waals surface area (Å²) >= 11 is 2.30. The average molecular weight is 356 g/mol. The first kappa shape index (κ1) is 13.3. The molecule has 2 aromatic rings. The number of nitrogens with zero attached hydrogens (tertiary/aromatic N) is 3. The molecule has 0 amide bonds. The van der Waals surface area contributed by atoms with E-state index in [1.54, 1.807) is 0 Å². The molecule has 0 saturated carbocycles. The van der Waals surface area contributed by atoms with Gasteiger partial charge in [0.2, 0.25) is 0 Å². The number of nitrogens with one attached hydrogen (secondary N) is 1. The molecule has 0 unspecified atom stereocenters. The summed E-state index contributed by atoms with van der Waals surface area (Å²) in [5.41, 5.74) is 2.03. The zero-order valence-corrected chi connectivity index (χ0v) is 13.0. The minimum absolute atomic E-state index is 0.0197. The Morgan fingerprint density at radius 3 is 2.44 bits per heavy atom. The third-order valence-electron chi connectivity index (χ3n) is 2.55.